The lowest BCUT2D eigenvalue weighted by Crippen LogP contribution is -2.13. The van der Waals surface area contributed by atoms with E-state index < -0.39 is 7.82 Å². The highest BCUT2D eigenvalue weighted by atomic mass is 31.2. The topological polar surface area (TPSA) is 132 Å². The Labute approximate surface area is 245 Å². The maximum atomic E-state index is 12.9. The summed E-state index contributed by atoms with van der Waals surface area (Å²) in [6.07, 6.45) is 10.1. The zero-order valence-electron chi connectivity index (χ0n) is 24.0. The molecule has 12 heteroatoms. The molecule has 3 aromatic heterocycles. The summed E-state index contributed by atoms with van der Waals surface area (Å²) in [5.41, 5.74) is 4.74. The fourth-order valence-electron chi connectivity index (χ4n) is 4.20. The number of fused-ring (bicyclic) bond motifs is 1. The molecule has 0 bridgehead atoms. The average molecular weight is 589 g/mol. The predicted molar refractivity (Wildman–Crippen MR) is 161 cm³/mol. The summed E-state index contributed by atoms with van der Waals surface area (Å²) in [5.74, 6) is -0.252. The van der Waals surface area contributed by atoms with Crippen LogP contribution in [0.3, 0.4) is 0 Å². The van der Waals surface area contributed by atoms with Crippen LogP contribution in [0, 0.1) is 11.3 Å². The first-order valence-electron chi connectivity index (χ1n) is 13.4. The van der Waals surface area contributed by atoms with Crippen LogP contribution in [0.15, 0.2) is 73.3 Å². The summed E-state index contributed by atoms with van der Waals surface area (Å²) in [6, 6.07) is 13.2. The lowest BCUT2D eigenvalue weighted by atomic mass is 10.0. The Morgan fingerprint density at radius 3 is 2.55 bits per heavy atom. The molecule has 0 aliphatic carbocycles. The molecule has 11 nitrogen and oxygen atoms in total. The van der Waals surface area contributed by atoms with Gasteiger partial charge >= 0.3 is 7.82 Å². The third-order valence-electron chi connectivity index (χ3n) is 6.02. The molecule has 42 heavy (non-hydrogen) atoms. The average Bonchev–Trinajstić information content (AvgIpc) is 3.34. The molecule has 1 aromatic carbocycles. The predicted octanol–water partition coefficient (Wildman–Crippen LogP) is 5.85. The van der Waals surface area contributed by atoms with E-state index in [1.54, 1.807) is 55.2 Å². The molecule has 0 saturated carbocycles. The molecule has 0 radical (unpaired) electrons. The second-order valence-electron chi connectivity index (χ2n) is 9.46. The summed E-state index contributed by atoms with van der Waals surface area (Å²) >= 11 is 0. The van der Waals surface area contributed by atoms with Gasteiger partial charge in [0.25, 0.3) is 0 Å². The maximum Gasteiger partial charge on any atom is 0.476 e. The minimum Gasteiger partial charge on any atom is -0.321 e. The molecule has 0 aliphatic heterocycles. The summed E-state index contributed by atoms with van der Waals surface area (Å²) < 4.78 is 30.8. The van der Waals surface area contributed by atoms with Gasteiger partial charge in [0.05, 0.1) is 36.7 Å². The maximum absolute atomic E-state index is 12.9. The number of rotatable bonds is 13. The third-order valence-corrected chi connectivity index (χ3v) is 7.61. The molecular formula is C30H33N6O5P. The van der Waals surface area contributed by atoms with Crippen LogP contribution in [0.25, 0.3) is 33.3 Å². The van der Waals surface area contributed by atoms with E-state index in [2.05, 4.69) is 16.4 Å². The lowest BCUT2D eigenvalue weighted by molar-refractivity contribution is -0.111. The Balaban J connectivity index is 1.71. The SMILES string of the molecule is CCOP(=O)(OCC)OCn1cc(-c2cccc(C#N)c2)c2cc(-c3cncc(NC(=O)/C=C/CN(C)C)c3)cnc21. The van der Waals surface area contributed by atoms with Crippen molar-refractivity contribution in [2.75, 3.05) is 39.2 Å². The number of phosphoric acid groups is 1. The number of carbonyl (C=O) groups excluding carboxylic acids is 1. The first-order valence-corrected chi connectivity index (χ1v) is 14.8. The van der Waals surface area contributed by atoms with Gasteiger partial charge in [-0.05, 0) is 57.8 Å². The van der Waals surface area contributed by atoms with Gasteiger partial charge in [-0.1, -0.05) is 18.2 Å². The normalized spacial score (nSPS) is 11.8. The van der Waals surface area contributed by atoms with E-state index in [0.29, 0.717) is 23.4 Å². The monoisotopic (exact) mass is 588 g/mol. The van der Waals surface area contributed by atoms with Crippen molar-refractivity contribution in [2.45, 2.75) is 20.6 Å². The molecule has 0 fully saturated rings. The van der Waals surface area contributed by atoms with Crippen LogP contribution in [0.2, 0.25) is 0 Å². The highest BCUT2D eigenvalue weighted by molar-refractivity contribution is 7.48. The number of hydrogen-bond acceptors (Lipinski definition) is 9. The van der Waals surface area contributed by atoms with E-state index in [-0.39, 0.29) is 25.9 Å². The molecule has 4 rings (SSSR count). The molecule has 0 unspecified atom stereocenters. The number of pyridine rings is 2. The number of phosphoric ester groups is 1. The van der Waals surface area contributed by atoms with Crippen molar-refractivity contribution in [2.24, 2.45) is 0 Å². The van der Waals surface area contributed by atoms with E-state index in [9.17, 15) is 14.6 Å². The van der Waals surface area contributed by atoms with Crippen LogP contribution in [0.4, 0.5) is 5.69 Å². The van der Waals surface area contributed by atoms with Crippen LogP contribution in [0.1, 0.15) is 19.4 Å². The number of anilines is 1. The standard InChI is InChI=1S/C30H33N6O5P/c1-5-39-42(38,40-6-2)41-21-36-20-28(23-10-7-9-22(13-23)16-31)27-15-25(18-33-30(27)36)24-14-26(19-32-17-24)34-29(37)11-8-12-35(3)4/h7-11,13-15,17-20H,5-6,12,21H2,1-4H3,(H,34,37)/b11-8+. The first kappa shape index (κ1) is 30.8. The fourth-order valence-corrected chi connectivity index (χ4v) is 5.32. The van der Waals surface area contributed by atoms with Gasteiger partial charge in [-0.15, -0.1) is 0 Å². The van der Waals surface area contributed by atoms with E-state index in [0.717, 1.165) is 27.6 Å². The van der Waals surface area contributed by atoms with Gasteiger partial charge in [-0.25, -0.2) is 9.55 Å². The molecule has 0 spiro atoms. The molecule has 1 amide bonds. The van der Waals surface area contributed by atoms with Crippen LogP contribution in [0.5, 0.6) is 0 Å². The van der Waals surface area contributed by atoms with Crippen molar-refractivity contribution in [3.63, 3.8) is 0 Å². The van der Waals surface area contributed by atoms with Gasteiger partial charge in [0.2, 0.25) is 5.91 Å². The van der Waals surface area contributed by atoms with Crippen molar-refractivity contribution in [1.29, 1.82) is 5.26 Å². The number of hydrogen-bond donors (Lipinski definition) is 1. The Kier molecular flexibility index (Phi) is 10.4. The summed E-state index contributed by atoms with van der Waals surface area (Å²) in [5, 5.41) is 13.1. The highest BCUT2D eigenvalue weighted by Crippen LogP contribution is 2.49. The van der Waals surface area contributed by atoms with E-state index >= 15 is 0 Å². The Bertz CT molecular complexity index is 1670. The van der Waals surface area contributed by atoms with E-state index in [1.165, 1.54) is 6.08 Å². The smallest absolute Gasteiger partial charge is 0.321 e. The summed E-state index contributed by atoms with van der Waals surface area (Å²) in [6.45, 7) is 4.26. The number of nitriles is 1. The number of aromatic nitrogens is 3. The second kappa shape index (κ2) is 14.1. The van der Waals surface area contributed by atoms with Crippen molar-refractivity contribution < 1.29 is 22.9 Å². The molecule has 0 atom stereocenters. The number of benzene rings is 1. The van der Waals surface area contributed by atoms with Gasteiger partial charge in [-0.2, -0.15) is 5.26 Å². The molecule has 1 N–H and O–H groups in total. The molecule has 218 valence electrons. The van der Waals surface area contributed by atoms with Gasteiger partial charge < -0.3 is 14.8 Å². The molecule has 3 heterocycles. The largest absolute Gasteiger partial charge is 0.476 e. The third kappa shape index (κ3) is 7.76. The Morgan fingerprint density at radius 1 is 1.07 bits per heavy atom. The highest BCUT2D eigenvalue weighted by Gasteiger charge is 2.26. The molecule has 0 aliphatic rings. The Hall–Kier alpha value is -4.17. The van der Waals surface area contributed by atoms with Crippen molar-refractivity contribution in [1.82, 2.24) is 19.4 Å². The molecule has 0 saturated heterocycles. The van der Waals surface area contributed by atoms with Gasteiger partial charge in [0, 0.05) is 53.3 Å². The number of carbonyl (C=O) groups is 1. The number of nitrogens with one attached hydrogen (secondary N) is 1. The first-order chi connectivity index (χ1) is 20.2. The molecular weight excluding hydrogens is 555 g/mol. The number of nitrogens with zero attached hydrogens (tertiary/aromatic N) is 5. The van der Waals surface area contributed by atoms with Crippen molar-refractivity contribution in [3.05, 3.63) is 78.9 Å². The minimum absolute atomic E-state index is 0.136. The quantitative estimate of drug-likeness (QED) is 0.151. The zero-order chi connectivity index (χ0) is 30.1. The summed E-state index contributed by atoms with van der Waals surface area (Å²) in [4.78, 5) is 23.3. The van der Waals surface area contributed by atoms with Gasteiger partial charge in [0.15, 0.2) is 0 Å². The molecule has 4 aromatic rings. The van der Waals surface area contributed by atoms with Crippen molar-refractivity contribution in [3.8, 4) is 28.3 Å². The Morgan fingerprint density at radius 2 is 1.83 bits per heavy atom. The van der Waals surface area contributed by atoms with Crippen LogP contribution in [-0.2, 0) is 29.7 Å². The van der Waals surface area contributed by atoms with E-state index in [1.807, 2.05) is 49.5 Å². The number of likely N-dealkylation sites (N-methyl/N-ethyl adjacent to an activating group) is 1. The van der Waals surface area contributed by atoms with Gasteiger partial charge in [0.1, 0.15) is 12.4 Å². The lowest BCUT2D eigenvalue weighted by Gasteiger charge is -2.16. The second-order valence-corrected chi connectivity index (χ2v) is 11.1. The van der Waals surface area contributed by atoms with Crippen LogP contribution >= 0.6 is 7.82 Å². The van der Waals surface area contributed by atoms with Crippen LogP contribution in [-0.4, -0.2) is 59.2 Å². The fraction of sp³-hybridized carbons (Fsp3) is 0.267. The number of amides is 1. The van der Waals surface area contributed by atoms with Gasteiger partial charge in [-0.3, -0.25) is 23.3 Å². The van der Waals surface area contributed by atoms with Crippen molar-refractivity contribution >= 4 is 30.5 Å². The summed E-state index contributed by atoms with van der Waals surface area (Å²) in [7, 11) is 0.0814. The van der Waals surface area contributed by atoms with Crippen LogP contribution < -0.4 is 5.32 Å². The minimum atomic E-state index is -3.77. The van der Waals surface area contributed by atoms with E-state index in [4.69, 9.17) is 18.6 Å². The zero-order valence-corrected chi connectivity index (χ0v) is 24.9.